The van der Waals surface area contributed by atoms with Gasteiger partial charge in [0.15, 0.2) is 5.54 Å². The molecule has 2 aromatic rings. The summed E-state index contributed by atoms with van der Waals surface area (Å²) < 4.78 is 13.9. The van der Waals surface area contributed by atoms with Crippen LogP contribution in [-0.2, 0) is 16.8 Å². The lowest BCUT2D eigenvalue weighted by molar-refractivity contribution is -0.142. The predicted molar refractivity (Wildman–Crippen MR) is 78.8 cm³/mol. The fraction of sp³-hybridized carbons (Fsp3) is 0.235. The average molecular weight is 285 g/mol. The Morgan fingerprint density at radius 2 is 2.05 bits per heavy atom. The van der Waals surface area contributed by atoms with E-state index in [1.165, 1.54) is 6.07 Å². The minimum Gasteiger partial charge on any atom is -0.479 e. The molecule has 21 heavy (non-hydrogen) atoms. The number of carboxylic acid groups (broad SMARTS) is 1. The maximum absolute atomic E-state index is 13.9. The molecule has 1 unspecified atom stereocenters. The number of hydrogen-bond acceptors (Lipinski definition) is 2. The molecule has 0 saturated carbocycles. The van der Waals surface area contributed by atoms with Crippen LogP contribution in [-0.4, -0.2) is 11.1 Å². The van der Waals surface area contributed by atoms with Crippen molar-refractivity contribution in [2.24, 2.45) is 0 Å². The molecule has 2 aromatic carbocycles. The van der Waals surface area contributed by atoms with Gasteiger partial charge in [-0.25, -0.2) is 9.18 Å². The van der Waals surface area contributed by atoms with Crippen LogP contribution >= 0.6 is 0 Å². The Balaban J connectivity index is 2.10. The Hall–Kier alpha value is -2.36. The van der Waals surface area contributed by atoms with Crippen LogP contribution in [0, 0.1) is 12.7 Å². The summed E-state index contributed by atoms with van der Waals surface area (Å²) in [7, 11) is 0. The van der Waals surface area contributed by atoms with Crippen molar-refractivity contribution in [3.8, 4) is 0 Å². The molecule has 0 aliphatic heterocycles. The number of anilines is 1. The molecule has 0 saturated heterocycles. The second-order valence-corrected chi connectivity index (χ2v) is 5.48. The molecule has 108 valence electrons. The first-order valence-electron chi connectivity index (χ1n) is 6.89. The van der Waals surface area contributed by atoms with Gasteiger partial charge in [-0.15, -0.1) is 0 Å². The largest absolute Gasteiger partial charge is 0.479 e. The normalized spacial score (nSPS) is 20.1. The van der Waals surface area contributed by atoms with Crippen molar-refractivity contribution >= 4 is 11.7 Å². The van der Waals surface area contributed by atoms with Gasteiger partial charge in [0.25, 0.3) is 0 Å². The summed E-state index contributed by atoms with van der Waals surface area (Å²) in [6.07, 6.45) is 1.08. The van der Waals surface area contributed by atoms with E-state index in [4.69, 9.17) is 0 Å². The van der Waals surface area contributed by atoms with E-state index in [0.717, 1.165) is 16.7 Å². The fourth-order valence-electron chi connectivity index (χ4n) is 2.96. The zero-order valence-corrected chi connectivity index (χ0v) is 11.7. The van der Waals surface area contributed by atoms with E-state index in [1.54, 1.807) is 18.2 Å². The lowest BCUT2D eigenvalue weighted by Crippen LogP contribution is -2.41. The van der Waals surface area contributed by atoms with Crippen molar-refractivity contribution in [1.29, 1.82) is 0 Å². The monoisotopic (exact) mass is 285 g/mol. The summed E-state index contributed by atoms with van der Waals surface area (Å²) in [5.74, 6) is -1.42. The van der Waals surface area contributed by atoms with Gasteiger partial charge in [0, 0.05) is 0 Å². The van der Waals surface area contributed by atoms with E-state index >= 15 is 0 Å². The van der Waals surface area contributed by atoms with Crippen LogP contribution in [0.3, 0.4) is 0 Å². The zero-order valence-electron chi connectivity index (χ0n) is 11.7. The van der Waals surface area contributed by atoms with Gasteiger partial charge in [-0.05, 0) is 43.0 Å². The van der Waals surface area contributed by atoms with Crippen molar-refractivity contribution in [1.82, 2.24) is 0 Å². The summed E-state index contributed by atoms with van der Waals surface area (Å²) in [5.41, 5.74) is 1.69. The summed E-state index contributed by atoms with van der Waals surface area (Å²) in [6, 6.07) is 12.0. The smallest absolute Gasteiger partial charge is 0.334 e. The van der Waals surface area contributed by atoms with Gasteiger partial charge < -0.3 is 10.4 Å². The standard InChI is InChI=1S/C17H16FNO2/c1-11-6-7-12-8-9-17(16(20)21,13(12)10-11)19-15-5-3-2-4-14(15)18/h2-7,10,19H,8-9H2,1H3,(H,20,21). The highest BCUT2D eigenvalue weighted by Gasteiger charge is 2.46. The molecule has 4 heteroatoms. The lowest BCUT2D eigenvalue weighted by atomic mass is 9.90. The zero-order chi connectivity index (χ0) is 15.0. The lowest BCUT2D eigenvalue weighted by Gasteiger charge is -2.28. The molecule has 1 aliphatic carbocycles. The van der Waals surface area contributed by atoms with E-state index < -0.39 is 17.3 Å². The second kappa shape index (κ2) is 4.88. The number of rotatable bonds is 3. The molecule has 1 aliphatic rings. The molecular formula is C17H16FNO2. The molecule has 0 spiro atoms. The summed E-state index contributed by atoms with van der Waals surface area (Å²) in [6.45, 7) is 1.92. The van der Waals surface area contributed by atoms with E-state index in [0.29, 0.717) is 12.8 Å². The number of carboxylic acids is 1. The quantitative estimate of drug-likeness (QED) is 0.907. The van der Waals surface area contributed by atoms with Crippen molar-refractivity contribution < 1.29 is 14.3 Å². The highest BCUT2D eigenvalue weighted by molar-refractivity contribution is 5.86. The van der Waals surface area contributed by atoms with Crippen molar-refractivity contribution in [2.45, 2.75) is 25.3 Å². The van der Waals surface area contributed by atoms with Gasteiger partial charge in [-0.2, -0.15) is 0 Å². The topological polar surface area (TPSA) is 49.3 Å². The molecule has 1 atom stereocenters. The molecule has 0 aromatic heterocycles. The third kappa shape index (κ3) is 2.17. The predicted octanol–water partition coefficient (Wildman–Crippen LogP) is 3.47. The maximum Gasteiger partial charge on any atom is 0.334 e. The van der Waals surface area contributed by atoms with Crippen molar-refractivity contribution in [3.63, 3.8) is 0 Å². The average Bonchev–Trinajstić information content (AvgIpc) is 2.81. The van der Waals surface area contributed by atoms with Gasteiger partial charge in [-0.3, -0.25) is 0 Å². The molecule has 0 fully saturated rings. The van der Waals surface area contributed by atoms with Crippen LogP contribution in [0.15, 0.2) is 42.5 Å². The number of benzene rings is 2. The third-order valence-electron chi connectivity index (χ3n) is 4.08. The van der Waals surface area contributed by atoms with E-state index in [1.807, 2.05) is 25.1 Å². The molecule has 0 amide bonds. The molecule has 0 heterocycles. The minimum absolute atomic E-state index is 0.217. The summed E-state index contributed by atoms with van der Waals surface area (Å²) in [5, 5.41) is 12.7. The highest BCUT2D eigenvalue weighted by Crippen LogP contribution is 2.40. The Morgan fingerprint density at radius 3 is 2.76 bits per heavy atom. The SMILES string of the molecule is Cc1ccc2c(c1)C(Nc1ccccc1F)(C(=O)O)CC2. The first-order chi connectivity index (χ1) is 10.0. The number of fused-ring (bicyclic) bond motifs is 1. The van der Waals surface area contributed by atoms with E-state index in [2.05, 4.69) is 5.32 Å². The van der Waals surface area contributed by atoms with E-state index in [-0.39, 0.29) is 5.69 Å². The van der Waals surface area contributed by atoms with Gasteiger partial charge in [0.1, 0.15) is 5.82 Å². The number of aryl methyl sites for hydroxylation is 2. The fourth-order valence-corrected chi connectivity index (χ4v) is 2.96. The number of hydrogen-bond donors (Lipinski definition) is 2. The summed E-state index contributed by atoms with van der Waals surface area (Å²) in [4.78, 5) is 11.9. The number of aliphatic carboxylic acids is 1. The molecule has 3 rings (SSSR count). The van der Waals surface area contributed by atoms with Gasteiger partial charge in [-0.1, -0.05) is 35.9 Å². The Kier molecular flexibility index (Phi) is 3.16. The first-order valence-corrected chi connectivity index (χ1v) is 6.89. The Labute approximate surface area is 122 Å². The van der Waals surface area contributed by atoms with Crippen LogP contribution in [0.5, 0.6) is 0 Å². The van der Waals surface area contributed by atoms with Crippen LogP contribution in [0.25, 0.3) is 0 Å². The van der Waals surface area contributed by atoms with Gasteiger partial charge in [0.05, 0.1) is 5.69 Å². The Morgan fingerprint density at radius 1 is 1.29 bits per heavy atom. The van der Waals surface area contributed by atoms with Crippen LogP contribution < -0.4 is 5.32 Å². The van der Waals surface area contributed by atoms with Crippen LogP contribution in [0.4, 0.5) is 10.1 Å². The molecule has 2 N–H and O–H groups in total. The highest BCUT2D eigenvalue weighted by atomic mass is 19.1. The minimum atomic E-state index is -1.26. The van der Waals surface area contributed by atoms with Crippen LogP contribution in [0.1, 0.15) is 23.1 Å². The molecule has 0 bridgehead atoms. The number of carbonyl (C=O) groups is 1. The second-order valence-electron chi connectivity index (χ2n) is 5.48. The maximum atomic E-state index is 13.9. The third-order valence-corrected chi connectivity index (χ3v) is 4.08. The molecule has 0 radical (unpaired) electrons. The number of nitrogens with one attached hydrogen (secondary N) is 1. The first kappa shape index (κ1) is 13.6. The van der Waals surface area contributed by atoms with Crippen molar-refractivity contribution in [2.75, 3.05) is 5.32 Å². The van der Waals surface area contributed by atoms with Crippen molar-refractivity contribution in [3.05, 3.63) is 65.0 Å². The summed E-state index contributed by atoms with van der Waals surface area (Å²) >= 11 is 0. The number of halogens is 1. The van der Waals surface area contributed by atoms with E-state index in [9.17, 15) is 14.3 Å². The molecule has 3 nitrogen and oxygen atoms in total. The van der Waals surface area contributed by atoms with Gasteiger partial charge >= 0.3 is 5.97 Å². The van der Waals surface area contributed by atoms with Crippen LogP contribution in [0.2, 0.25) is 0 Å². The number of para-hydroxylation sites is 1. The Bertz CT molecular complexity index is 714. The molecular weight excluding hydrogens is 269 g/mol. The van der Waals surface area contributed by atoms with Gasteiger partial charge in [0.2, 0.25) is 0 Å².